The Morgan fingerprint density at radius 2 is 2.00 bits per heavy atom. The van der Waals surface area contributed by atoms with Crippen molar-refractivity contribution in [3.05, 3.63) is 85.5 Å². The third-order valence-electron chi connectivity index (χ3n) is 4.67. The maximum atomic E-state index is 13.6. The molecule has 1 aliphatic rings. The number of carbonyl (C=O) groups is 1. The number of rotatable bonds is 4. The molecule has 0 spiro atoms. The zero-order valence-electron chi connectivity index (χ0n) is 14.3. The smallest absolute Gasteiger partial charge is 0.290 e. The highest BCUT2D eigenvalue weighted by Crippen LogP contribution is 2.38. The fourth-order valence-corrected chi connectivity index (χ4v) is 3.49. The van der Waals surface area contributed by atoms with Gasteiger partial charge < -0.3 is 14.4 Å². The molecule has 1 atom stereocenters. The molecule has 0 bridgehead atoms. The lowest BCUT2D eigenvalue weighted by Crippen LogP contribution is -2.32. The van der Waals surface area contributed by atoms with Crippen molar-refractivity contribution in [3.63, 3.8) is 0 Å². The highest BCUT2D eigenvalue weighted by molar-refractivity contribution is 5.99. The third kappa shape index (κ3) is 2.64. The lowest BCUT2D eigenvalue weighted by atomic mass is 9.98. The highest BCUT2D eigenvalue weighted by Gasteiger charge is 2.42. The van der Waals surface area contributed by atoms with Crippen molar-refractivity contribution in [2.75, 3.05) is 13.2 Å². The summed E-state index contributed by atoms with van der Waals surface area (Å²) in [4.78, 5) is 37.6. The van der Waals surface area contributed by atoms with E-state index in [9.17, 15) is 29.2 Å². The Balaban J connectivity index is 2.01. The Morgan fingerprint density at radius 1 is 1.21 bits per heavy atom. The Hall–Kier alpha value is -3.59. The lowest BCUT2D eigenvalue weighted by molar-refractivity contribution is -0.384. The summed E-state index contributed by atoms with van der Waals surface area (Å²) >= 11 is 0. The minimum Gasteiger partial charge on any atom is -0.450 e. The van der Waals surface area contributed by atoms with Crippen LogP contribution in [0, 0.1) is 15.9 Å². The van der Waals surface area contributed by atoms with Gasteiger partial charge in [-0.05, 0) is 23.8 Å². The van der Waals surface area contributed by atoms with E-state index in [0.717, 1.165) is 12.1 Å². The van der Waals surface area contributed by atoms with Crippen molar-refractivity contribution in [2.45, 2.75) is 6.04 Å². The number of hydrogen-bond donors (Lipinski definition) is 1. The summed E-state index contributed by atoms with van der Waals surface area (Å²) in [6.45, 7) is -0.492. The van der Waals surface area contributed by atoms with E-state index in [1.807, 2.05) is 0 Å². The van der Waals surface area contributed by atoms with Crippen LogP contribution in [0.25, 0.3) is 11.0 Å². The van der Waals surface area contributed by atoms with Gasteiger partial charge in [-0.25, -0.2) is 4.39 Å². The number of nitrogens with zero attached hydrogens (tertiary/aromatic N) is 2. The van der Waals surface area contributed by atoms with E-state index in [-0.39, 0.29) is 41.1 Å². The Bertz CT molecular complexity index is 1190. The second kappa shape index (κ2) is 6.54. The van der Waals surface area contributed by atoms with Crippen LogP contribution >= 0.6 is 0 Å². The van der Waals surface area contributed by atoms with Gasteiger partial charge in [-0.1, -0.05) is 12.1 Å². The standard InChI is InChI=1S/C19H13FN2O6/c20-11-4-5-14-13(9-11)17(24)15-16(10-2-1-3-12(8-10)22(26)27)21(6-7-23)19(25)18(15)28-14/h1-5,8-9,16,23H,6-7H2. The normalized spacial score (nSPS) is 15.9. The number of aliphatic hydroxyl groups excluding tert-OH is 1. The number of halogens is 1. The van der Waals surface area contributed by atoms with Gasteiger partial charge in [0.2, 0.25) is 5.76 Å². The van der Waals surface area contributed by atoms with Crippen LogP contribution in [0.15, 0.2) is 51.7 Å². The molecule has 3 aromatic rings. The molecule has 1 amide bonds. The van der Waals surface area contributed by atoms with E-state index in [0.29, 0.717) is 5.56 Å². The zero-order chi connectivity index (χ0) is 20.0. The van der Waals surface area contributed by atoms with E-state index in [1.54, 1.807) is 6.07 Å². The molecule has 0 saturated carbocycles. The van der Waals surface area contributed by atoms with Gasteiger partial charge in [0.05, 0.1) is 28.5 Å². The van der Waals surface area contributed by atoms with Crippen molar-refractivity contribution < 1.29 is 23.6 Å². The number of nitro benzene ring substituents is 1. The molecule has 0 fully saturated rings. The van der Waals surface area contributed by atoms with E-state index in [1.165, 1.54) is 29.2 Å². The molecular weight excluding hydrogens is 371 g/mol. The molecular formula is C19H13FN2O6. The van der Waals surface area contributed by atoms with Crippen molar-refractivity contribution in [1.29, 1.82) is 0 Å². The van der Waals surface area contributed by atoms with Crippen molar-refractivity contribution in [1.82, 2.24) is 4.90 Å². The molecule has 0 saturated heterocycles. The molecule has 9 heteroatoms. The maximum Gasteiger partial charge on any atom is 0.290 e. The average Bonchev–Trinajstić information content (AvgIpc) is 2.95. The molecule has 8 nitrogen and oxygen atoms in total. The number of β-amino-alcohol motifs (C(OH)–C–C–N with tert-alkyl or cyclic N) is 1. The van der Waals surface area contributed by atoms with Crippen molar-refractivity contribution in [2.24, 2.45) is 0 Å². The summed E-state index contributed by atoms with van der Waals surface area (Å²) in [7, 11) is 0. The first-order valence-electron chi connectivity index (χ1n) is 8.35. The SMILES string of the molecule is O=C1c2oc3ccc(F)cc3c(=O)c2C(c2cccc([N+](=O)[O-])c2)N1CCO. The van der Waals surface area contributed by atoms with E-state index in [2.05, 4.69) is 0 Å². The Labute approximate surface area is 156 Å². The summed E-state index contributed by atoms with van der Waals surface area (Å²) in [6.07, 6.45) is 0. The average molecular weight is 384 g/mol. The van der Waals surface area contributed by atoms with E-state index in [4.69, 9.17) is 4.42 Å². The van der Waals surface area contributed by atoms with Crippen LogP contribution < -0.4 is 5.43 Å². The number of benzene rings is 2. The maximum absolute atomic E-state index is 13.6. The van der Waals surface area contributed by atoms with Crippen molar-refractivity contribution in [3.8, 4) is 0 Å². The number of amides is 1. The molecule has 1 aromatic heterocycles. The number of hydrogen-bond acceptors (Lipinski definition) is 6. The second-order valence-electron chi connectivity index (χ2n) is 6.29. The summed E-state index contributed by atoms with van der Waals surface area (Å²) in [5.74, 6) is -1.47. The fraction of sp³-hybridized carbons (Fsp3) is 0.158. The number of fused-ring (bicyclic) bond motifs is 2. The monoisotopic (exact) mass is 384 g/mol. The van der Waals surface area contributed by atoms with Gasteiger partial charge in [0.1, 0.15) is 11.4 Å². The predicted molar refractivity (Wildman–Crippen MR) is 95.5 cm³/mol. The van der Waals surface area contributed by atoms with Crippen LogP contribution in [0.4, 0.5) is 10.1 Å². The predicted octanol–water partition coefficient (Wildman–Crippen LogP) is 2.38. The lowest BCUT2D eigenvalue weighted by Gasteiger charge is -2.24. The van der Waals surface area contributed by atoms with Crippen LogP contribution in [0.5, 0.6) is 0 Å². The molecule has 4 rings (SSSR count). The van der Waals surface area contributed by atoms with Gasteiger partial charge in [-0.15, -0.1) is 0 Å². The van der Waals surface area contributed by atoms with E-state index >= 15 is 0 Å². The zero-order valence-corrected chi connectivity index (χ0v) is 14.3. The van der Waals surface area contributed by atoms with E-state index < -0.39 is 28.1 Å². The summed E-state index contributed by atoms with van der Waals surface area (Å²) in [6, 6.07) is 7.93. The highest BCUT2D eigenvalue weighted by atomic mass is 19.1. The molecule has 0 aliphatic carbocycles. The number of nitro groups is 1. The van der Waals surface area contributed by atoms with Crippen LogP contribution in [0.1, 0.15) is 27.7 Å². The molecule has 1 N–H and O–H groups in total. The van der Waals surface area contributed by atoms with Crippen LogP contribution in [-0.4, -0.2) is 34.0 Å². The number of non-ortho nitro benzene ring substituents is 1. The van der Waals surface area contributed by atoms with Gasteiger partial charge in [0, 0.05) is 18.7 Å². The molecule has 0 radical (unpaired) electrons. The quantitative estimate of drug-likeness (QED) is 0.546. The Kier molecular flexibility index (Phi) is 4.16. The summed E-state index contributed by atoms with van der Waals surface area (Å²) in [5.41, 5.74) is -0.461. The first-order valence-corrected chi connectivity index (χ1v) is 8.35. The first kappa shape index (κ1) is 17.8. The number of carbonyl (C=O) groups excluding carboxylic acids is 1. The van der Waals surface area contributed by atoms with Gasteiger partial charge >= 0.3 is 0 Å². The summed E-state index contributed by atoms with van der Waals surface area (Å²) < 4.78 is 19.2. The van der Waals surface area contributed by atoms with Gasteiger partial charge in [0.15, 0.2) is 5.43 Å². The number of aliphatic hydroxyl groups is 1. The van der Waals surface area contributed by atoms with Gasteiger partial charge in [-0.2, -0.15) is 0 Å². The van der Waals surface area contributed by atoms with Crippen LogP contribution in [-0.2, 0) is 0 Å². The molecule has 2 aromatic carbocycles. The first-order chi connectivity index (χ1) is 13.4. The molecule has 1 aliphatic heterocycles. The molecule has 28 heavy (non-hydrogen) atoms. The topological polar surface area (TPSA) is 114 Å². The summed E-state index contributed by atoms with van der Waals surface area (Å²) in [5, 5.41) is 20.5. The van der Waals surface area contributed by atoms with Crippen LogP contribution in [0.2, 0.25) is 0 Å². The van der Waals surface area contributed by atoms with Gasteiger partial charge in [0.25, 0.3) is 11.6 Å². The second-order valence-corrected chi connectivity index (χ2v) is 6.29. The third-order valence-corrected chi connectivity index (χ3v) is 4.67. The Morgan fingerprint density at radius 3 is 2.71 bits per heavy atom. The largest absolute Gasteiger partial charge is 0.450 e. The minimum atomic E-state index is -0.988. The van der Waals surface area contributed by atoms with Crippen LogP contribution in [0.3, 0.4) is 0 Å². The minimum absolute atomic E-state index is 0.0305. The van der Waals surface area contributed by atoms with Crippen molar-refractivity contribution >= 4 is 22.6 Å². The molecule has 1 unspecified atom stereocenters. The van der Waals surface area contributed by atoms with Gasteiger partial charge in [-0.3, -0.25) is 19.7 Å². The molecule has 2 heterocycles. The fourth-order valence-electron chi connectivity index (χ4n) is 3.49. The molecule has 142 valence electrons.